The molecule has 1 atom stereocenters. The first kappa shape index (κ1) is 19.8. The lowest BCUT2D eigenvalue weighted by atomic mass is 9.83. The molecule has 0 spiro atoms. The predicted molar refractivity (Wildman–Crippen MR) is 112 cm³/mol. The number of aromatic nitrogens is 1. The van der Waals surface area contributed by atoms with Crippen LogP contribution in [0.1, 0.15) is 24.0 Å². The Morgan fingerprint density at radius 3 is 2.52 bits per heavy atom. The summed E-state index contributed by atoms with van der Waals surface area (Å²) in [5.41, 5.74) is 2.76. The van der Waals surface area contributed by atoms with Gasteiger partial charge in [0.25, 0.3) is 10.0 Å². The highest BCUT2D eigenvalue weighted by atomic mass is 79.9. The average Bonchev–Trinajstić information content (AvgIpc) is 3.09. The van der Waals surface area contributed by atoms with E-state index >= 15 is 0 Å². The zero-order valence-electron chi connectivity index (χ0n) is 16.0. The molecule has 2 aromatic carbocycles. The molecule has 0 unspecified atom stereocenters. The van der Waals surface area contributed by atoms with Crippen LogP contribution in [0.5, 0.6) is 11.5 Å². The van der Waals surface area contributed by atoms with Crippen LogP contribution in [0.4, 0.5) is 5.82 Å². The Hall–Kier alpha value is -2.52. The van der Waals surface area contributed by atoms with E-state index in [0.29, 0.717) is 12.2 Å². The summed E-state index contributed by atoms with van der Waals surface area (Å²) in [6.45, 7) is 2.09. The molecule has 7 nitrogen and oxygen atoms in total. The van der Waals surface area contributed by atoms with E-state index in [1.54, 1.807) is 18.2 Å². The third-order valence-electron chi connectivity index (χ3n) is 4.97. The number of benzene rings is 2. The minimum absolute atomic E-state index is 0.0891. The van der Waals surface area contributed by atoms with Crippen molar-refractivity contribution in [2.24, 2.45) is 0 Å². The van der Waals surface area contributed by atoms with Crippen molar-refractivity contribution in [2.75, 3.05) is 18.9 Å². The zero-order valence-corrected chi connectivity index (χ0v) is 18.4. The number of hydrogen-bond acceptors (Lipinski definition) is 6. The van der Waals surface area contributed by atoms with Gasteiger partial charge in [0, 0.05) is 15.6 Å². The highest BCUT2D eigenvalue weighted by Gasteiger charge is 2.32. The van der Waals surface area contributed by atoms with Crippen molar-refractivity contribution in [3.8, 4) is 22.8 Å². The number of anilines is 1. The van der Waals surface area contributed by atoms with E-state index in [-0.39, 0.29) is 28.1 Å². The van der Waals surface area contributed by atoms with Crippen molar-refractivity contribution in [3.63, 3.8) is 0 Å². The summed E-state index contributed by atoms with van der Waals surface area (Å²) >= 11 is 3.48. The van der Waals surface area contributed by atoms with Gasteiger partial charge in [-0.1, -0.05) is 40.1 Å². The van der Waals surface area contributed by atoms with Crippen molar-refractivity contribution in [2.45, 2.75) is 24.2 Å². The molecule has 1 aliphatic rings. The largest absolute Gasteiger partial charge is 0.495 e. The number of halogens is 1. The summed E-state index contributed by atoms with van der Waals surface area (Å²) in [6, 6.07) is 10.8. The Balaban J connectivity index is 1.79. The highest BCUT2D eigenvalue weighted by molar-refractivity contribution is 9.10. The lowest BCUT2D eigenvalue weighted by molar-refractivity contribution is 0.373. The molecule has 152 valence electrons. The number of fused-ring (bicyclic) bond motifs is 3. The van der Waals surface area contributed by atoms with Gasteiger partial charge >= 0.3 is 0 Å². The van der Waals surface area contributed by atoms with E-state index in [4.69, 9.17) is 14.0 Å². The van der Waals surface area contributed by atoms with Crippen LogP contribution in [0.15, 0.2) is 50.3 Å². The molecule has 1 aliphatic carbocycles. The van der Waals surface area contributed by atoms with E-state index in [1.807, 2.05) is 18.2 Å². The molecule has 9 heteroatoms. The summed E-state index contributed by atoms with van der Waals surface area (Å²) in [5.74, 6) is 1.29. The number of rotatable bonds is 5. The van der Waals surface area contributed by atoms with E-state index in [0.717, 1.165) is 21.2 Å². The van der Waals surface area contributed by atoms with Crippen molar-refractivity contribution < 1.29 is 22.4 Å². The molecule has 1 N–H and O–H groups in total. The molecular weight excluding hydrogens is 460 g/mol. The van der Waals surface area contributed by atoms with E-state index in [1.165, 1.54) is 14.2 Å². The predicted octanol–water partition coefficient (Wildman–Crippen LogP) is 4.58. The molecule has 4 rings (SSSR count). The molecule has 3 aromatic rings. The second kappa shape index (κ2) is 7.38. The first-order valence-electron chi connectivity index (χ1n) is 8.88. The number of methoxy groups -OCH3 is 2. The Kier molecular flexibility index (Phi) is 5.04. The number of nitrogens with one attached hydrogen (secondary N) is 1. The smallest absolute Gasteiger partial charge is 0.270 e. The van der Waals surface area contributed by atoms with E-state index in [2.05, 4.69) is 32.7 Å². The molecule has 0 radical (unpaired) electrons. The van der Waals surface area contributed by atoms with Crippen LogP contribution in [0, 0.1) is 0 Å². The standard InChI is InChI=1S/C20H19BrN2O5S/c1-11-9-15-18(14-10-12(21)7-8-13(11)14)28-22-20(15)23-29(24,25)19-16(26-2)5-4-6-17(19)27-3/h4-8,10-11H,9H2,1-3H3,(H,22,23)/t11-/m1/s1. The maximum atomic E-state index is 13.2. The summed E-state index contributed by atoms with van der Waals surface area (Å²) < 4.78 is 45.8. The van der Waals surface area contributed by atoms with Crippen molar-refractivity contribution in [1.82, 2.24) is 5.16 Å². The molecule has 0 saturated heterocycles. The summed E-state index contributed by atoms with van der Waals surface area (Å²) in [6.07, 6.45) is 0.606. The third kappa shape index (κ3) is 3.38. The fourth-order valence-corrected chi connectivity index (χ4v) is 5.33. The maximum Gasteiger partial charge on any atom is 0.270 e. The normalized spacial score (nSPS) is 15.4. The topological polar surface area (TPSA) is 90.7 Å². The first-order valence-corrected chi connectivity index (χ1v) is 11.2. The highest BCUT2D eigenvalue weighted by Crippen LogP contribution is 2.44. The zero-order chi connectivity index (χ0) is 20.8. The molecular formula is C20H19BrN2O5S. The average molecular weight is 479 g/mol. The minimum atomic E-state index is -4.04. The maximum absolute atomic E-state index is 13.2. The Bertz CT molecular complexity index is 1170. The molecule has 0 amide bonds. The Morgan fingerprint density at radius 2 is 1.86 bits per heavy atom. The van der Waals surface area contributed by atoms with Gasteiger partial charge in [0.15, 0.2) is 16.5 Å². The molecule has 0 saturated carbocycles. The SMILES string of the molecule is COc1cccc(OC)c1S(=O)(=O)Nc1noc2c1C[C@@H](C)c1ccc(Br)cc1-2. The molecule has 0 aliphatic heterocycles. The molecule has 0 fully saturated rings. The molecule has 1 aromatic heterocycles. The van der Waals surface area contributed by atoms with Gasteiger partial charge in [0.2, 0.25) is 0 Å². The van der Waals surface area contributed by atoms with Crippen LogP contribution in [0.25, 0.3) is 11.3 Å². The van der Waals surface area contributed by atoms with Gasteiger partial charge in [-0.2, -0.15) is 0 Å². The molecule has 0 bridgehead atoms. The second-order valence-corrected chi connectivity index (χ2v) is 9.31. The second-order valence-electron chi connectivity index (χ2n) is 6.77. The van der Waals surface area contributed by atoms with Crippen molar-refractivity contribution in [1.29, 1.82) is 0 Å². The molecule has 29 heavy (non-hydrogen) atoms. The summed E-state index contributed by atoms with van der Waals surface area (Å²) in [4.78, 5) is -0.0891. The molecule has 1 heterocycles. The van der Waals surface area contributed by atoms with Crippen molar-refractivity contribution in [3.05, 3.63) is 52.0 Å². The van der Waals surface area contributed by atoms with Crippen LogP contribution < -0.4 is 14.2 Å². The summed E-state index contributed by atoms with van der Waals surface area (Å²) in [7, 11) is -1.23. The fourth-order valence-electron chi connectivity index (χ4n) is 3.62. The third-order valence-corrected chi connectivity index (χ3v) is 6.87. The van der Waals surface area contributed by atoms with Gasteiger partial charge in [0.1, 0.15) is 11.5 Å². The number of hydrogen-bond donors (Lipinski definition) is 1. The van der Waals surface area contributed by atoms with Crippen LogP contribution in [0.2, 0.25) is 0 Å². The van der Waals surface area contributed by atoms with Gasteiger partial charge in [-0.25, -0.2) is 8.42 Å². The minimum Gasteiger partial charge on any atom is -0.495 e. The van der Waals surface area contributed by atoms with Gasteiger partial charge < -0.3 is 14.0 Å². The number of nitrogens with zero attached hydrogens (tertiary/aromatic N) is 1. The van der Waals surface area contributed by atoms with Crippen LogP contribution in [0.3, 0.4) is 0 Å². The van der Waals surface area contributed by atoms with Crippen LogP contribution >= 0.6 is 15.9 Å². The van der Waals surface area contributed by atoms with Gasteiger partial charge in [0.05, 0.1) is 14.2 Å². The number of ether oxygens (including phenoxy) is 2. The lowest BCUT2D eigenvalue weighted by Crippen LogP contribution is -2.17. The van der Waals surface area contributed by atoms with Crippen LogP contribution in [-0.2, 0) is 16.4 Å². The van der Waals surface area contributed by atoms with E-state index < -0.39 is 10.0 Å². The van der Waals surface area contributed by atoms with Gasteiger partial charge in [-0.3, -0.25) is 4.72 Å². The van der Waals surface area contributed by atoms with Crippen LogP contribution in [-0.4, -0.2) is 27.8 Å². The van der Waals surface area contributed by atoms with Crippen molar-refractivity contribution >= 4 is 31.8 Å². The monoisotopic (exact) mass is 478 g/mol. The van der Waals surface area contributed by atoms with Gasteiger partial charge in [-0.15, -0.1) is 0 Å². The van der Waals surface area contributed by atoms with E-state index in [9.17, 15) is 8.42 Å². The quantitative estimate of drug-likeness (QED) is 0.576. The lowest BCUT2D eigenvalue weighted by Gasteiger charge is -2.21. The van der Waals surface area contributed by atoms with Gasteiger partial charge in [-0.05, 0) is 42.2 Å². The first-order chi connectivity index (χ1) is 13.9. The summed E-state index contributed by atoms with van der Waals surface area (Å²) in [5, 5.41) is 4.02. The number of sulfonamides is 1. The fraction of sp³-hybridized carbons (Fsp3) is 0.250. The Labute approximate surface area is 177 Å². The Morgan fingerprint density at radius 1 is 1.17 bits per heavy atom.